The highest BCUT2D eigenvalue weighted by Crippen LogP contribution is 2.33. The fourth-order valence-electron chi connectivity index (χ4n) is 2.59. The lowest BCUT2D eigenvalue weighted by Crippen LogP contribution is -2.54. The van der Waals surface area contributed by atoms with Crippen LogP contribution in [-0.2, 0) is 14.3 Å². The van der Waals surface area contributed by atoms with Gasteiger partial charge in [-0.1, -0.05) is 0 Å². The van der Waals surface area contributed by atoms with Crippen LogP contribution in [0.5, 0.6) is 0 Å². The van der Waals surface area contributed by atoms with Crippen molar-refractivity contribution in [2.24, 2.45) is 5.41 Å². The van der Waals surface area contributed by atoms with Gasteiger partial charge in [-0.05, 0) is 55.4 Å². The van der Waals surface area contributed by atoms with Gasteiger partial charge in [0.05, 0.1) is 18.2 Å². The second-order valence-corrected chi connectivity index (χ2v) is 8.13. The van der Waals surface area contributed by atoms with E-state index >= 15 is 0 Å². The minimum Gasteiger partial charge on any atom is -0.444 e. The van der Waals surface area contributed by atoms with Crippen molar-refractivity contribution in [2.75, 3.05) is 6.54 Å². The number of ether oxygens (including phenoxy) is 2. The molecule has 2 amide bonds. The van der Waals surface area contributed by atoms with Crippen LogP contribution >= 0.6 is 0 Å². The molecule has 1 aliphatic heterocycles. The lowest BCUT2D eigenvalue weighted by atomic mass is 9.94. The zero-order valence-corrected chi connectivity index (χ0v) is 15.9. The van der Waals surface area contributed by atoms with Crippen molar-refractivity contribution < 1.29 is 19.1 Å². The van der Waals surface area contributed by atoms with Gasteiger partial charge in [0.15, 0.2) is 0 Å². The van der Waals surface area contributed by atoms with E-state index in [2.05, 4.69) is 5.32 Å². The molecule has 1 rings (SSSR count). The van der Waals surface area contributed by atoms with Gasteiger partial charge < -0.3 is 14.8 Å². The van der Waals surface area contributed by atoms with Crippen molar-refractivity contribution in [3.8, 4) is 6.07 Å². The van der Waals surface area contributed by atoms with Crippen LogP contribution in [0.25, 0.3) is 0 Å². The van der Waals surface area contributed by atoms with E-state index in [9.17, 15) is 9.59 Å². The van der Waals surface area contributed by atoms with Crippen LogP contribution in [0, 0.1) is 16.7 Å². The monoisotopic (exact) mass is 339 g/mol. The van der Waals surface area contributed by atoms with E-state index in [1.807, 2.05) is 13.0 Å². The van der Waals surface area contributed by atoms with Gasteiger partial charge in [-0.15, -0.1) is 0 Å². The molecule has 0 spiro atoms. The molecule has 0 aromatic carbocycles. The Morgan fingerprint density at radius 1 is 1.29 bits per heavy atom. The number of amides is 2. The fourth-order valence-corrected chi connectivity index (χ4v) is 2.59. The first kappa shape index (κ1) is 20.2. The first-order valence-corrected chi connectivity index (χ1v) is 8.11. The zero-order valence-electron chi connectivity index (χ0n) is 15.9. The van der Waals surface area contributed by atoms with Crippen LogP contribution in [-0.4, -0.2) is 46.9 Å². The highest BCUT2D eigenvalue weighted by Gasteiger charge is 2.49. The second-order valence-electron chi connectivity index (χ2n) is 8.13. The van der Waals surface area contributed by atoms with E-state index in [0.29, 0.717) is 0 Å². The number of hydrogen-bond acceptors (Lipinski definition) is 5. The summed E-state index contributed by atoms with van der Waals surface area (Å²) in [5.41, 5.74) is -2.60. The van der Waals surface area contributed by atoms with Gasteiger partial charge in [0, 0.05) is 6.54 Å². The maximum Gasteiger partial charge on any atom is 0.412 e. The Kier molecular flexibility index (Phi) is 5.56. The molecule has 0 aromatic rings. The molecule has 0 aromatic heterocycles. The molecule has 2 unspecified atom stereocenters. The average Bonchev–Trinajstić information content (AvgIpc) is 2.62. The predicted octanol–water partition coefficient (Wildman–Crippen LogP) is 2.41. The molecular formula is C17H29N3O4. The molecule has 1 N–H and O–H groups in total. The minimum atomic E-state index is -1.13. The molecule has 1 saturated heterocycles. The Hall–Kier alpha value is -1.81. The van der Waals surface area contributed by atoms with E-state index in [1.54, 1.807) is 48.5 Å². The molecular weight excluding hydrogens is 310 g/mol. The largest absolute Gasteiger partial charge is 0.444 e. The smallest absolute Gasteiger partial charge is 0.412 e. The summed E-state index contributed by atoms with van der Waals surface area (Å²) in [5.74, 6) is -0.383. The van der Waals surface area contributed by atoms with E-state index in [0.717, 1.165) is 0 Å². The molecule has 2 atom stereocenters. The number of nitriles is 1. The molecule has 136 valence electrons. The number of carbonyl (C=O) groups is 2. The summed E-state index contributed by atoms with van der Waals surface area (Å²) in [6.07, 6.45) is -0.770. The van der Waals surface area contributed by atoms with Crippen LogP contribution in [0.2, 0.25) is 0 Å². The maximum atomic E-state index is 12.6. The van der Waals surface area contributed by atoms with Gasteiger partial charge in [-0.3, -0.25) is 9.69 Å². The summed E-state index contributed by atoms with van der Waals surface area (Å²) < 4.78 is 11.3. The molecule has 24 heavy (non-hydrogen) atoms. The van der Waals surface area contributed by atoms with Crippen LogP contribution in [0.15, 0.2) is 0 Å². The lowest BCUT2D eigenvalue weighted by molar-refractivity contribution is -0.127. The van der Waals surface area contributed by atoms with Crippen LogP contribution < -0.4 is 5.32 Å². The molecule has 7 heteroatoms. The summed E-state index contributed by atoms with van der Waals surface area (Å²) in [4.78, 5) is 26.2. The summed E-state index contributed by atoms with van der Waals surface area (Å²) >= 11 is 0. The predicted molar refractivity (Wildman–Crippen MR) is 88.9 cm³/mol. The lowest BCUT2D eigenvalue weighted by Gasteiger charge is -2.35. The van der Waals surface area contributed by atoms with Crippen molar-refractivity contribution in [1.82, 2.24) is 10.2 Å². The van der Waals surface area contributed by atoms with Crippen LogP contribution in [0.4, 0.5) is 4.79 Å². The number of nitrogens with zero attached hydrogens (tertiary/aromatic N) is 2. The van der Waals surface area contributed by atoms with Crippen molar-refractivity contribution in [3.63, 3.8) is 0 Å². The van der Waals surface area contributed by atoms with Crippen molar-refractivity contribution in [1.29, 1.82) is 5.26 Å². The number of carbonyl (C=O) groups excluding carboxylic acids is 2. The van der Waals surface area contributed by atoms with Crippen molar-refractivity contribution in [2.45, 2.75) is 78.9 Å². The highest BCUT2D eigenvalue weighted by molar-refractivity contribution is 5.84. The molecule has 7 nitrogen and oxygen atoms in total. The van der Waals surface area contributed by atoms with Gasteiger partial charge in [0.1, 0.15) is 16.7 Å². The summed E-state index contributed by atoms with van der Waals surface area (Å²) in [6, 6.07) is 1.58. The third-order valence-electron chi connectivity index (χ3n) is 3.84. The number of nitrogens with one attached hydrogen (secondary N) is 1. The first-order valence-electron chi connectivity index (χ1n) is 8.11. The third kappa shape index (κ3) is 4.60. The van der Waals surface area contributed by atoms with Gasteiger partial charge in [0.2, 0.25) is 5.91 Å². The van der Waals surface area contributed by atoms with Gasteiger partial charge >= 0.3 is 6.09 Å². The number of rotatable bonds is 3. The highest BCUT2D eigenvalue weighted by atomic mass is 16.6. The van der Waals surface area contributed by atoms with E-state index in [4.69, 9.17) is 14.7 Å². The van der Waals surface area contributed by atoms with E-state index in [-0.39, 0.29) is 24.6 Å². The normalized spacial score (nSPS) is 23.5. The Labute approximate surface area is 144 Å². The summed E-state index contributed by atoms with van der Waals surface area (Å²) in [5, 5.41) is 11.8. The van der Waals surface area contributed by atoms with E-state index < -0.39 is 22.8 Å². The topological polar surface area (TPSA) is 91.7 Å². The Morgan fingerprint density at radius 2 is 1.83 bits per heavy atom. The summed E-state index contributed by atoms with van der Waals surface area (Å²) in [6.45, 7) is 14.1. The van der Waals surface area contributed by atoms with E-state index in [1.165, 1.54) is 4.90 Å². The van der Waals surface area contributed by atoms with Crippen LogP contribution in [0.1, 0.15) is 55.4 Å². The fraction of sp³-hybridized carbons (Fsp3) is 0.824. The van der Waals surface area contributed by atoms with Gasteiger partial charge in [0.25, 0.3) is 0 Å². The quantitative estimate of drug-likeness (QED) is 0.852. The Morgan fingerprint density at radius 3 is 2.29 bits per heavy atom. The molecule has 1 aliphatic rings. The maximum absolute atomic E-state index is 12.6. The second kappa shape index (κ2) is 6.60. The average molecular weight is 339 g/mol. The zero-order chi connectivity index (χ0) is 18.9. The molecule has 0 radical (unpaired) electrons. The summed E-state index contributed by atoms with van der Waals surface area (Å²) in [7, 11) is 0. The first-order chi connectivity index (χ1) is 10.7. The SMILES string of the molecule is CC1OC(C)(C)N(C(=O)OC(C)(C)C)C1CNC(=O)C(C)(C)C#N. The van der Waals surface area contributed by atoms with Gasteiger partial charge in [-0.2, -0.15) is 5.26 Å². The third-order valence-corrected chi connectivity index (χ3v) is 3.84. The molecule has 1 fully saturated rings. The minimum absolute atomic E-state index is 0.188. The number of hydrogen-bond donors (Lipinski definition) is 1. The van der Waals surface area contributed by atoms with Crippen molar-refractivity contribution >= 4 is 12.0 Å². The van der Waals surface area contributed by atoms with Crippen LogP contribution in [0.3, 0.4) is 0 Å². The van der Waals surface area contributed by atoms with Gasteiger partial charge in [-0.25, -0.2) is 4.79 Å². The molecule has 0 saturated carbocycles. The Bertz CT molecular complexity index is 543. The Balaban J connectivity index is 2.92. The molecule has 0 bridgehead atoms. The molecule has 0 aliphatic carbocycles. The molecule has 1 heterocycles. The van der Waals surface area contributed by atoms with Crippen molar-refractivity contribution in [3.05, 3.63) is 0 Å². The standard InChI is InChI=1S/C17H29N3O4/c1-11-12(9-19-13(21)16(5,6)10-18)20(17(7,8)23-11)14(22)24-15(2,3)4/h11-12H,9H2,1-8H3,(H,19,21).